The van der Waals surface area contributed by atoms with E-state index in [4.69, 9.17) is 4.74 Å². The highest BCUT2D eigenvalue weighted by Crippen LogP contribution is 2.13. The van der Waals surface area contributed by atoms with Crippen molar-refractivity contribution in [3.8, 4) is 5.75 Å². The van der Waals surface area contributed by atoms with Gasteiger partial charge in [0.05, 0.1) is 6.20 Å². The summed E-state index contributed by atoms with van der Waals surface area (Å²) in [6, 6.07) is 7.05. The fourth-order valence-electron chi connectivity index (χ4n) is 1.52. The van der Waals surface area contributed by atoms with Gasteiger partial charge in [-0.3, -0.25) is 5.10 Å². The quantitative estimate of drug-likeness (QED) is 0.871. The zero-order chi connectivity index (χ0) is 14.6. The molecule has 0 saturated heterocycles. The molecule has 0 spiro atoms. The zero-order valence-electron chi connectivity index (χ0n) is 10.8. The van der Waals surface area contributed by atoms with Crippen LogP contribution >= 0.6 is 0 Å². The predicted molar refractivity (Wildman–Crippen MR) is 70.3 cm³/mol. The third kappa shape index (κ3) is 3.34. The number of rotatable bonds is 6. The van der Waals surface area contributed by atoms with Crippen molar-refractivity contribution in [3.63, 3.8) is 0 Å². The van der Waals surface area contributed by atoms with E-state index in [1.807, 2.05) is 0 Å². The number of halogens is 1. The van der Waals surface area contributed by atoms with E-state index in [9.17, 15) is 12.8 Å². The van der Waals surface area contributed by atoms with Crippen molar-refractivity contribution in [2.45, 2.75) is 5.03 Å². The number of likely N-dealkylation sites (N-methyl/N-ethyl adjacent to an activating group) is 1. The Morgan fingerprint density at radius 1 is 1.40 bits per heavy atom. The van der Waals surface area contributed by atoms with Crippen LogP contribution < -0.4 is 4.74 Å². The number of nitrogens with one attached hydrogen (secondary N) is 1. The van der Waals surface area contributed by atoms with Crippen LogP contribution in [-0.2, 0) is 10.0 Å². The van der Waals surface area contributed by atoms with Gasteiger partial charge in [-0.2, -0.15) is 9.40 Å². The number of hydrogen-bond donors (Lipinski definition) is 1. The van der Waals surface area contributed by atoms with E-state index in [2.05, 4.69) is 10.2 Å². The van der Waals surface area contributed by atoms with Crippen LogP contribution in [0.1, 0.15) is 0 Å². The highest BCUT2D eigenvalue weighted by molar-refractivity contribution is 7.89. The fourth-order valence-corrected chi connectivity index (χ4v) is 2.58. The third-order valence-electron chi connectivity index (χ3n) is 2.63. The van der Waals surface area contributed by atoms with Crippen LogP contribution in [0.5, 0.6) is 5.75 Å². The van der Waals surface area contributed by atoms with Crippen molar-refractivity contribution >= 4 is 10.0 Å². The van der Waals surface area contributed by atoms with Gasteiger partial charge in [0.25, 0.3) is 10.0 Å². The smallest absolute Gasteiger partial charge is 0.259 e. The first-order chi connectivity index (χ1) is 9.50. The average Bonchev–Trinajstić information content (AvgIpc) is 2.93. The second kappa shape index (κ2) is 6.02. The van der Waals surface area contributed by atoms with Crippen molar-refractivity contribution in [2.75, 3.05) is 20.2 Å². The summed E-state index contributed by atoms with van der Waals surface area (Å²) in [5, 5.41) is 6.03. The van der Waals surface area contributed by atoms with Gasteiger partial charge in [-0.25, -0.2) is 12.8 Å². The number of H-pyrrole nitrogens is 1. The Morgan fingerprint density at radius 3 is 2.85 bits per heavy atom. The summed E-state index contributed by atoms with van der Waals surface area (Å²) in [5.41, 5.74) is 0. The summed E-state index contributed by atoms with van der Waals surface area (Å²) in [7, 11) is -2.16. The van der Waals surface area contributed by atoms with E-state index in [1.165, 1.54) is 37.5 Å². The Bertz CT molecular complexity index is 658. The molecule has 2 aromatic rings. The molecule has 0 bridgehead atoms. The van der Waals surface area contributed by atoms with E-state index in [0.29, 0.717) is 5.75 Å². The SMILES string of the molecule is CN(CCOc1cccc(F)c1)S(=O)(=O)c1ccn[nH]1. The van der Waals surface area contributed by atoms with Gasteiger partial charge in [0.2, 0.25) is 0 Å². The van der Waals surface area contributed by atoms with Crippen molar-refractivity contribution in [1.29, 1.82) is 0 Å². The average molecular weight is 299 g/mol. The van der Waals surface area contributed by atoms with Crippen molar-refractivity contribution in [2.24, 2.45) is 0 Å². The van der Waals surface area contributed by atoms with E-state index in [1.54, 1.807) is 6.07 Å². The van der Waals surface area contributed by atoms with Crippen LogP contribution in [0.2, 0.25) is 0 Å². The number of ether oxygens (including phenoxy) is 1. The molecular formula is C12H14FN3O3S. The lowest BCUT2D eigenvalue weighted by Gasteiger charge is -2.16. The van der Waals surface area contributed by atoms with Crippen LogP contribution in [0, 0.1) is 5.82 Å². The van der Waals surface area contributed by atoms with Gasteiger partial charge in [-0.15, -0.1) is 0 Å². The van der Waals surface area contributed by atoms with Crippen molar-refractivity contribution in [3.05, 3.63) is 42.3 Å². The van der Waals surface area contributed by atoms with Crippen molar-refractivity contribution in [1.82, 2.24) is 14.5 Å². The summed E-state index contributed by atoms with van der Waals surface area (Å²) in [6.07, 6.45) is 1.37. The molecule has 0 amide bonds. The molecule has 0 radical (unpaired) electrons. The van der Waals surface area contributed by atoms with Gasteiger partial charge in [-0.05, 0) is 18.2 Å². The highest BCUT2D eigenvalue weighted by atomic mass is 32.2. The minimum Gasteiger partial charge on any atom is -0.492 e. The van der Waals surface area contributed by atoms with E-state index >= 15 is 0 Å². The van der Waals surface area contributed by atoms with Crippen LogP contribution in [0.3, 0.4) is 0 Å². The highest BCUT2D eigenvalue weighted by Gasteiger charge is 2.21. The Hall–Kier alpha value is -1.93. The lowest BCUT2D eigenvalue weighted by atomic mass is 10.3. The number of aromatic amines is 1. The van der Waals surface area contributed by atoms with E-state index < -0.39 is 15.8 Å². The molecule has 0 fully saturated rings. The first kappa shape index (κ1) is 14.5. The number of hydrogen-bond acceptors (Lipinski definition) is 4. The Labute approximate surface area is 116 Å². The summed E-state index contributed by atoms with van der Waals surface area (Å²) < 4.78 is 43.4. The molecule has 108 valence electrons. The fraction of sp³-hybridized carbons (Fsp3) is 0.250. The van der Waals surface area contributed by atoms with Crippen molar-refractivity contribution < 1.29 is 17.5 Å². The number of sulfonamides is 1. The molecule has 8 heteroatoms. The zero-order valence-corrected chi connectivity index (χ0v) is 11.6. The number of nitrogens with zero attached hydrogens (tertiary/aromatic N) is 2. The van der Waals surface area contributed by atoms with Crippen LogP contribution in [0.15, 0.2) is 41.6 Å². The Kier molecular flexibility index (Phi) is 4.35. The lowest BCUT2D eigenvalue weighted by Crippen LogP contribution is -2.31. The number of aromatic nitrogens is 2. The monoisotopic (exact) mass is 299 g/mol. The van der Waals surface area contributed by atoms with Gasteiger partial charge in [-0.1, -0.05) is 6.07 Å². The molecule has 1 aromatic carbocycles. The summed E-state index contributed by atoms with van der Waals surface area (Å²) in [4.78, 5) is 0. The van der Waals surface area contributed by atoms with Gasteiger partial charge in [0.1, 0.15) is 18.2 Å². The van der Waals surface area contributed by atoms with E-state index in [-0.39, 0.29) is 18.2 Å². The normalized spacial score (nSPS) is 11.8. The molecule has 0 aliphatic rings. The molecule has 0 atom stereocenters. The molecule has 0 aliphatic carbocycles. The second-order valence-electron chi connectivity index (χ2n) is 4.05. The topological polar surface area (TPSA) is 75.3 Å². The summed E-state index contributed by atoms with van der Waals surface area (Å²) in [6.45, 7) is 0.255. The Morgan fingerprint density at radius 2 is 2.20 bits per heavy atom. The van der Waals surface area contributed by atoms with E-state index in [0.717, 1.165) is 4.31 Å². The largest absolute Gasteiger partial charge is 0.492 e. The Balaban J connectivity index is 1.91. The maximum Gasteiger partial charge on any atom is 0.259 e. The molecular weight excluding hydrogens is 285 g/mol. The van der Waals surface area contributed by atoms with Gasteiger partial charge in [0, 0.05) is 19.7 Å². The molecule has 0 saturated carbocycles. The van der Waals surface area contributed by atoms with Gasteiger partial charge in [0.15, 0.2) is 5.03 Å². The van der Waals surface area contributed by atoms with Gasteiger partial charge >= 0.3 is 0 Å². The third-order valence-corrected chi connectivity index (χ3v) is 4.42. The first-order valence-corrected chi connectivity index (χ1v) is 7.28. The van der Waals surface area contributed by atoms with Crippen LogP contribution in [0.25, 0.3) is 0 Å². The van der Waals surface area contributed by atoms with Crippen LogP contribution in [0.4, 0.5) is 4.39 Å². The maximum atomic E-state index is 12.9. The molecule has 1 aromatic heterocycles. The standard InChI is InChI=1S/C12H14FN3O3S/c1-16(20(17,18)12-5-6-14-15-12)7-8-19-11-4-2-3-10(13)9-11/h2-6,9H,7-8H2,1H3,(H,14,15). The number of benzene rings is 1. The molecule has 0 aliphatic heterocycles. The summed E-state index contributed by atoms with van der Waals surface area (Å²) >= 11 is 0. The molecule has 1 heterocycles. The molecule has 20 heavy (non-hydrogen) atoms. The van der Waals surface area contributed by atoms with Gasteiger partial charge < -0.3 is 4.74 Å². The molecule has 2 rings (SSSR count). The molecule has 0 unspecified atom stereocenters. The summed E-state index contributed by atoms with van der Waals surface area (Å²) in [5.74, 6) is -0.0433. The first-order valence-electron chi connectivity index (χ1n) is 5.84. The minimum absolute atomic E-state index is 0.0192. The lowest BCUT2D eigenvalue weighted by molar-refractivity contribution is 0.285. The van der Waals surface area contributed by atoms with Crippen LogP contribution in [-0.4, -0.2) is 43.1 Å². The second-order valence-corrected chi connectivity index (χ2v) is 6.07. The molecule has 1 N–H and O–H groups in total. The maximum absolute atomic E-state index is 12.9. The molecule has 6 nitrogen and oxygen atoms in total. The minimum atomic E-state index is -3.60. The predicted octanol–water partition coefficient (Wildman–Crippen LogP) is 1.25.